The fourth-order valence-corrected chi connectivity index (χ4v) is 1.22. The molecule has 0 saturated carbocycles. The summed E-state index contributed by atoms with van der Waals surface area (Å²) < 4.78 is 0. The molecule has 2 nitrogen and oxygen atoms in total. The molecule has 0 aliphatic carbocycles. The van der Waals surface area contributed by atoms with Gasteiger partial charge in [0.2, 0.25) is 0 Å². The van der Waals surface area contributed by atoms with Crippen molar-refractivity contribution in [3.05, 3.63) is 0 Å². The Morgan fingerprint density at radius 2 is 2.22 bits per heavy atom. The molecule has 0 aromatic carbocycles. The molecule has 1 rings (SSSR count). The van der Waals surface area contributed by atoms with Crippen molar-refractivity contribution in [1.29, 1.82) is 0 Å². The molecule has 1 heterocycles. The van der Waals surface area contributed by atoms with Crippen LogP contribution in [0.1, 0.15) is 13.8 Å². The van der Waals surface area contributed by atoms with Gasteiger partial charge in [-0.25, -0.2) is 0 Å². The van der Waals surface area contributed by atoms with Crippen LogP contribution < -0.4 is 0 Å². The highest BCUT2D eigenvalue weighted by Gasteiger charge is 2.24. The zero-order valence-electron chi connectivity index (χ0n) is 6.05. The zero-order valence-corrected chi connectivity index (χ0v) is 6.05. The lowest BCUT2D eigenvalue weighted by molar-refractivity contribution is 0.239. The molecule has 0 aromatic heterocycles. The van der Waals surface area contributed by atoms with Gasteiger partial charge in [-0.15, -0.1) is 0 Å². The second kappa shape index (κ2) is 2.50. The Labute approximate surface area is 57.7 Å². The van der Waals surface area contributed by atoms with Crippen molar-refractivity contribution < 1.29 is 4.79 Å². The Balaban J connectivity index is 2.49. The molecule has 0 spiro atoms. The minimum atomic E-state index is 0.324. The van der Waals surface area contributed by atoms with E-state index in [1.807, 2.05) is 4.81 Å². The van der Waals surface area contributed by atoms with E-state index < -0.39 is 0 Å². The van der Waals surface area contributed by atoms with Crippen molar-refractivity contribution in [2.24, 2.45) is 0 Å². The van der Waals surface area contributed by atoms with Crippen molar-refractivity contribution in [2.75, 3.05) is 0 Å². The Morgan fingerprint density at radius 3 is 2.44 bits per heavy atom. The third-order valence-electron chi connectivity index (χ3n) is 1.73. The summed E-state index contributed by atoms with van der Waals surface area (Å²) in [6, 6.07) is 0.403. The average Bonchev–Trinajstić information content (AvgIpc) is 2.13. The number of hydrogen-bond donors (Lipinski definition) is 0. The van der Waals surface area contributed by atoms with Crippen LogP contribution >= 0.6 is 0 Å². The highest BCUT2D eigenvalue weighted by atomic mass is 16.1. The molecule has 1 amide bonds. The second-order valence-electron chi connectivity index (χ2n) is 2.78. The molecule has 1 fully saturated rings. The summed E-state index contributed by atoms with van der Waals surface area (Å²) in [6.45, 7) is 4.12. The second-order valence-corrected chi connectivity index (χ2v) is 2.78. The molecule has 9 heavy (non-hydrogen) atoms. The van der Waals surface area contributed by atoms with Gasteiger partial charge < -0.3 is 4.81 Å². The van der Waals surface area contributed by atoms with E-state index in [9.17, 15) is 4.79 Å². The van der Waals surface area contributed by atoms with Gasteiger partial charge in [-0.1, -0.05) is 0 Å². The molecular formula is C4H10B3NO. The summed E-state index contributed by atoms with van der Waals surface area (Å²) in [5.41, 5.74) is 0. The predicted octanol–water partition coefficient (Wildman–Crippen LogP) is -1.12. The van der Waals surface area contributed by atoms with Crippen LogP contribution in [0, 0.1) is 0 Å². The third kappa shape index (κ3) is 1.32. The van der Waals surface area contributed by atoms with Gasteiger partial charge in [-0.2, -0.15) is 0 Å². The smallest absolute Gasteiger partial charge is 0.191 e. The maximum absolute atomic E-state index is 10.9. The number of rotatable bonds is 1. The van der Waals surface area contributed by atoms with Gasteiger partial charge in [-0.05, 0) is 13.8 Å². The molecule has 0 bridgehead atoms. The van der Waals surface area contributed by atoms with Crippen LogP contribution in [0.4, 0.5) is 4.79 Å². The SMILES string of the molecule is CC(C)N1BBBC1=O. The van der Waals surface area contributed by atoms with Crippen LogP contribution in [-0.2, 0) is 0 Å². The van der Waals surface area contributed by atoms with Gasteiger partial charge in [0.1, 0.15) is 5.81 Å². The van der Waals surface area contributed by atoms with Crippen LogP contribution in [-0.4, -0.2) is 38.2 Å². The van der Waals surface area contributed by atoms with E-state index >= 15 is 0 Å². The van der Waals surface area contributed by atoms with Crippen molar-refractivity contribution in [3.63, 3.8) is 0 Å². The predicted molar refractivity (Wildman–Crippen MR) is 43.8 cm³/mol. The van der Waals surface area contributed by atoms with E-state index in [-0.39, 0.29) is 0 Å². The normalized spacial score (nSPS) is 17.2. The van der Waals surface area contributed by atoms with E-state index in [0.29, 0.717) is 11.8 Å². The van der Waals surface area contributed by atoms with Crippen LogP contribution in [0.15, 0.2) is 0 Å². The van der Waals surface area contributed by atoms with Gasteiger partial charge in [0, 0.05) is 6.04 Å². The van der Waals surface area contributed by atoms with Crippen LogP contribution in [0.2, 0.25) is 0 Å². The molecule has 5 heteroatoms. The minimum Gasteiger partial charge on any atom is -0.406 e. The Morgan fingerprint density at radius 1 is 1.56 bits per heavy atom. The maximum atomic E-state index is 10.9. The lowest BCUT2D eigenvalue weighted by atomic mass is 9.27. The molecule has 1 aliphatic heterocycles. The first-order chi connectivity index (χ1) is 4.22. The highest BCUT2D eigenvalue weighted by molar-refractivity contribution is 7.40. The molecule has 0 radical (unpaired) electrons. The summed E-state index contributed by atoms with van der Waals surface area (Å²) in [5.74, 6) is 0.324. The van der Waals surface area contributed by atoms with Gasteiger partial charge in [0.15, 0.2) is 14.5 Å². The van der Waals surface area contributed by atoms with Crippen LogP contribution in [0.5, 0.6) is 0 Å². The fourth-order valence-electron chi connectivity index (χ4n) is 1.22. The molecule has 0 aromatic rings. The topological polar surface area (TPSA) is 20.3 Å². The number of amides is 1. The van der Waals surface area contributed by atoms with E-state index in [0.717, 1.165) is 21.5 Å². The number of nitrogens with zero attached hydrogens (tertiary/aromatic N) is 1. The molecule has 0 N–H and O–H groups in total. The van der Waals surface area contributed by atoms with Crippen LogP contribution in [0.25, 0.3) is 0 Å². The van der Waals surface area contributed by atoms with Gasteiger partial charge in [0.25, 0.3) is 0 Å². The van der Waals surface area contributed by atoms with Crippen molar-refractivity contribution in [1.82, 2.24) is 4.81 Å². The Kier molecular flexibility index (Phi) is 1.89. The first-order valence-corrected chi connectivity index (χ1v) is 3.51. The number of hydrogen-bond acceptors (Lipinski definition) is 1. The molecule has 0 unspecified atom stereocenters. The van der Waals surface area contributed by atoms with Crippen molar-refractivity contribution >= 4 is 27.3 Å². The zero-order chi connectivity index (χ0) is 6.85. The summed E-state index contributed by atoms with van der Waals surface area (Å²) in [4.78, 5) is 12.9. The van der Waals surface area contributed by atoms with Crippen molar-refractivity contribution in [3.8, 4) is 0 Å². The molecule has 46 valence electrons. The van der Waals surface area contributed by atoms with Gasteiger partial charge in [0.05, 0.1) is 7.06 Å². The highest BCUT2D eigenvalue weighted by Crippen LogP contribution is 2.00. The van der Waals surface area contributed by atoms with Gasteiger partial charge in [-0.3, -0.25) is 4.79 Å². The lowest BCUT2D eigenvalue weighted by Crippen LogP contribution is -2.34. The van der Waals surface area contributed by atoms with E-state index in [1.165, 1.54) is 0 Å². The number of carbonyl (C=O) groups is 1. The van der Waals surface area contributed by atoms with E-state index in [1.54, 1.807) is 0 Å². The van der Waals surface area contributed by atoms with E-state index in [4.69, 9.17) is 0 Å². The Bertz CT molecular complexity index is 127. The minimum absolute atomic E-state index is 0.324. The fraction of sp³-hybridized carbons (Fsp3) is 0.750. The first-order valence-electron chi connectivity index (χ1n) is 3.51. The molecular weight excluding hydrogens is 110 g/mol. The third-order valence-corrected chi connectivity index (χ3v) is 1.73. The summed E-state index contributed by atoms with van der Waals surface area (Å²) in [5, 5.41) is 0. The number of carbonyl (C=O) groups excluding carboxylic acids is 1. The summed E-state index contributed by atoms with van der Waals surface area (Å²) in [6.07, 6.45) is 0. The lowest BCUT2D eigenvalue weighted by Gasteiger charge is -2.21. The summed E-state index contributed by atoms with van der Waals surface area (Å²) >= 11 is 0. The van der Waals surface area contributed by atoms with E-state index in [2.05, 4.69) is 13.8 Å². The molecule has 0 atom stereocenters. The molecule has 1 aliphatic rings. The van der Waals surface area contributed by atoms with Gasteiger partial charge >= 0.3 is 0 Å². The van der Waals surface area contributed by atoms with Crippen molar-refractivity contribution in [2.45, 2.75) is 19.9 Å². The average molecular weight is 121 g/mol. The van der Waals surface area contributed by atoms with Crippen LogP contribution in [0.3, 0.4) is 0 Å². The Hall–Kier alpha value is -0.335. The summed E-state index contributed by atoms with van der Waals surface area (Å²) in [7, 11) is 2.78. The quantitative estimate of drug-likeness (QED) is 0.402. The first kappa shape index (κ1) is 6.78. The monoisotopic (exact) mass is 121 g/mol. The standard InChI is InChI=1S/C4H10B3NO/c1-3(2)8-4(9)5-6-7-8/h3,5-7H,1-2H3. The molecule has 1 saturated heterocycles. The largest absolute Gasteiger partial charge is 0.406 e. The maximum Gasteiger partial charge on any atom is 0.191 e.